The van der Waals surface area contributed by atoms with Crippen LogP contribution in [0, 0.1) is 0 Å². The lowest BCUT2D eigenvalue weighted by atomic mass is 10.0. The number of aromatic hydroxyl groups is 1. The molecule has 1 aromatic rings. The van der Waals surface area contributed by atoms with Crippen LogP contribution in [-0.2, 0) is 6.42 Å². The lowest BCUT2D eigenvalue weighted by Crippen LogP contribution is -2.38. The molecule has 17 heavy (non-hydrogen) atoms. The smallest absolute Gasteiger partial charge is 0.115 e. The van der Waals surface area contributed by atoms with Crippen LogP contribution < -0.4 is 5.32 Å². The van der Waals surface area contributed by atoms with Crippen LogP contribution in [0.25, 0.3) is 0 Å². The summed E-state index contributed by atoms with van der Waals surface area (Å²) in [7, 11) is 6.11. The Hall–Kier alpha value is -0.480. The number of hydrogen-bond donors (Lipinski definition) is 2. The average molecular weight is 281 g/mol. The van der Waals surface area contributed by atoms with E-state index in [2.05, 4.69) is 24.3 Å². The van der Waals surface area contributed by atoms with E-state index >= 15 is 0 Å². The van der Waals surface area contributed by atoms with Crippen LogP contribution in [-0.4, -0.2) is 43.7 Å². The van der Waals surface area contributed by atoms with Gasteiger partial charge >= 0.3 is 0 Å². The highest BCUT2D eigenvalue weighted by molar-refractivity contribution is 5.85. The summed E-state index contributed by atoms with van der Waals surface area (Å²) in [6, 6.07) is 7.91. The Balaban J connectivity index is 0. The molecule has 0 saturated heterocycles. The molecule has 0 spiro atoms. The van der Waals surface area contributed by atoms with Gasteiger partial charge in [-0.2, -0.15) is 0 Å². The minimum atomic E-state index is 0. The Morgan fingerprint density at radius 2 is 1.94 bits per heavy atom. The molecule has 0 heterocycles. The summed E-state index contributed by atoms with van der Waals surface area (Å²) in [5.41, 5.74) is 1.17. The first-order chi connectivity index (χ1) is 7.13. The second-order valence-corrected chi connectivity index (χ2v) is 4.05. The zero-order chi connectivity index (χ0) is 11.3. The maximum atomic E-state index is 9.37. The molecule has 0 unspecified atom stereocenters. The van der Waals surface area contributed by atoms with Crippen LogP contribution >= 0.6 is 24.8 Å². The van der Waals surface area contributed by atoms with Crippen LogP contribution in [0.15, 0.2) is 24.3 Å². The predicted octanol–water partition coefficient (Wildman–Crippen LogP) is 1.93. The zero-order valence-corrected chi connectivity index (χ0v) is 12.1. The third-order valence-corrected chi connectivity index (χ3v) is 2.55. The Labute approximate surface area is 116 Å². The van der Waals surface area contributed by atoms with Crippen LogP contribution in [0.2, 0.25) is 0 Å². The zero-order valence-electron chi connectivity index (χ0n) is 10.5. The first-order valence-corrected chi connectivity index (χ1v) is 5.22. The SMILES string of the molecule is CNC[C@@H](Cc1cccc(O)c1)N(C)C.Cl.Cl. The molecule has 0 aliphatic rings. The fraction of sp³-hybridized carbons (Fsp3) is 0.500. The van der Waals surface area contributed by atoms with Gasteiger partial charge in [0.15, 0.2) is 0 Å². The van der Waals surface area contributed by atoms with Gasteiger partial charge in [0.1, 0.15) is 5.75 Å². The normalized spacial score (nSPS) is 11.5. The molecule has 0 aromatic heterocycles. The molecular weight excluding hydrogens is 259 g/mol. The predicted molar refractivity (Wildman–Crippen MR) is 77.7 cm³/mol. The molecule has 100 valence electrons. The summed E-state index contributed by atoms with van der Waals surface area (Å²) >= 11 is 0. The van der Waals surface area contributed by atoms with Crippen molar-refractivity contribution in [3.63, 3.8) is 0 Å². The van der Waals surface area contributed by atoms with Gasteiger partial charge in [0.05, 0.1) is 0 Å². The Bertz CT molecular complexity index is 308. The molecule has 1 atom stereocenters. The second kappa shape index (κ2) is 9.54. The Morgan fingerprint density at radius 1 is 1.29 bits per heavy atom. The number of rotatable bonds is 5. The lowest BCUT2D eigenvalue weighted by Gasteiger charge is -2.24. The maximum absolute atomic E-state index is 9.37. The maximum Gasteiger partial charge on any atom is 0.115 e. The quantitative estimate of drug-likeness (QED) is 0.865. The van der Waals surface area contributed by atoms with Crippen LogP contribution in [0.5, 0.6) is 5.75 Å². The van der Waals surface area contributed by atoms with E-state index < -0.39 is 0 Å². The van der Waals surface area contributed by atoms with E-state index in [1.165, 1.54) is 5.56 Å². The van der Waals surface area contributed by atoms with E-state index in [-0.39, 0.29) is 24.8 Å². The molecule has 3 nitrogen and oxygen atoms in total. The van der Waals surface area contributed by atoms with E-state index in [4.69, 9.17) is 0 Å². The van der Waals surface area contributed by atoms with Crippen molar-refractivity contribution < 1.29 is 5.11 Å². The third kappa shape index (κ3) is 6.74. The van der Waals surface area contributed by atoms with E-state index in [9.17, 15) is 5.11 Å². The van der Waals surface area contributed by atoms with Crippen molar-refractivity contribution in [1.29, 1.82) is 0 Å². The van der Waals surface area contributed by atoms with Crippen LogP contribution in [0.4, 0.5) is 0 Å². The largest absolute Gasteiger partial charge is 0.508 e. The monoisotopic (exact) mass is 280 g/mol. The van der Waals surface area contributed by atoms with Crippen molar-refractivity contribution in [3.05, 3.63) is 29.8 Å². The number of halogens is 2. The minimum Gasteiger partial charge on any atom is -0.508 e. The van der Waals surface area contributed by atoms with Crippen molar-refractivity contribution in [2.75, 3.05) is 27.7 Å². The topological polar surface area (TPSA) is 35.5 Å². The molecule has 2 N–H and O–H groups in total. The number of phenols is 1. The molecule has 0 saturated carbocycles. The van der Waals surface area contributed by atoms with Crippen LogP contribution in [0.3, 0.4) is 0 Å². The molecule has 0 aliphatic carbocycles. The number of likely N-dealkylation sites (N-methyl/N-ethyl adjacent to an activating group) is 2. The third-order valence-electron chi connectivity index (χ3n) is 2.55. The number of hydrogen-bond acceptors (Lipinski definition) is 3. The van der Waals surface area contributed by atoms with Crippen LogP contribution in [0.1, 0.15) is 5.56 Å². The molecular formula is C12H22Cl2N2O. The van der Waals surface area contributed by atoms with Gasteiger partial charge in [0.25, 0.3) is 0 Å². The van der Waals surface area contributed by atoms with Gasteiger partial charge in [-0.3, -0.25) is 0 Å². The number of nitrogens with one attached hydrogen (secondary N) is 1. The number of phenolic OH excluding ortho intramolecular Hbond substituents is 1. The van der Waals surface area contributed by atoms with Gasteiger partial charge in [0.2, 0.25) is 0 Å². The Kier molecular flexibility index (Phi) is 10.6. The summed E-state index contributed by atoms with van der Waals surface area (Å²) in [6.07, 6.45) is 0.947. The average Bonchev–Trinajstić information content (AvgIpc) is 2.17. The molecule has 0 bridgehead atoms. The number of nitrogens with zero attached hydrogens (tertiary/aromatic N) is 1. The standard InChI is InChI=1S/C12H20N2O.2ClH/c1-13-9-11(14(2)3)7-10-5-4-6-12(15)8-10;;/h4-6,8,11,13,15H,7,9H2,1-3H3;2*1H/t11-;;/m1../s1. The molecule has 0 radical (unpaired) electrons. The van der Waals surface area contributed by atoms with Crippen molar-refractivity contribution >= 4 is 24.8 Å². The first-order valence-electron chi connectivity index (χ1n) is 5.22. The van der Waals surface area contributed by atoms with Crippen molar-refractivity contribution in [2.45, 2.75) is 12.5 Å². The summed E-state index contributed by atoms with van der Waals surface area (Å²) in [6.45, 7) is 0.947. The molecule has 0 aliphatic heterocycles. The molecule has 1 aromatic carbocycles. The lowest BCUT2D eigenvalue weighted by molar-refractivity contribution is 0.286. The van der Waals surface area contributed by atoms with Crippen molar-refractivity contribution in [2.24, 2.45) is 0 Å². The van der Waals surface area contributed by atoms with Gasteiger partial charge in [-0.15, -0.1) is 24.8 Å². The van der Waals surface area contributed by atoms with E-state index in [0.29, 0.717) is 11.8 Å². The van der Waals surface area contributed by atoms with Gasteiger partial charge in [-0.1, -0.05) is 12.1 Å². The summed E-state index contributed by atoms with van der Waals surface area (Å²) < 4.78 is 0. The second-order valence-electron chi connectivity index (χ2n) is 4.05. The highest BCUT2D eigenvalue weighted by Gasteiger charge is 2.11. The van der Waals surface area contributed by atoms with Gasteiger partial charge in [-0.05, 0) is 45.3 Å². The van der Waals surface area contributed by atoms with Gasteiger partial charge in [-0.25, -0.2) is 0 Å². The molecule has 0 fully saturated rings. The van der Waals surface area contributed by atoms with E-state index in [0.717, 1.165) is 13.0 Å². The number of benzene rings is 1. The van der Waals surface area contributed by atoms with E-state index in [1.54, 1.807) is 6.07 Å². The van der Waals surface area contributed by atoms with Gasteiger partial charge < -0.3 is 15.3 Å². The molecule has 1 rings (SSSR count). The highest BCUT2D eigenvalue weighted by atomic mass is 35.5. The van der Waals surface area contributed by atoms with Gasteiger partial charge in [0, 0.05) is 12.6 Å². The van der Waals surface area contributed by atoms with E-state index in [1.807, 2.05) is 25.2 Å². The van der Waals surface area contributed by atoms with Crippen molar-refractivity contribution in [3.8, 4) is 5.75 Å². The molecule has 5 heteroatoms. The van der Waals surface area contributed by atoms with Crippen molar-refractivity contribution in [1.82, 2.24) is 10.2 Å². The fourth-order valence-corrected chi connectivity index (χ4v) is 1.63. The summed E-state index contributed by atoms with van der Waals surface area (Å²) in [5.74, 6) is 0.342. The first kappa shape index (κ1) is 18.9. The highest BCUT2D eigenvalue weighted by Crippen LogP contribution is 2.13. The summed E-state index contributed by atoms with van der Waals surface area (Å²) in [5, 5.41) is 12.5. The molecule has 0 amide bonds. The minimum absolute atomic E-state index is 0. The Morgan fingerprint density at radius 3 is 2.41 bits per heavy atom. The summed E-state index contributed by atoms with van der Waals surface area (Å²) in [4.78, 5) is 2.19. The fourth-order valence-electron chi connectivity index (χ4n) is 1.63.